The molecule has 39 heavy (non-hydrogen) atoms. The highest BCUT2D eigenvalue weighted by Gasteiger charge is 2.33. The normalized spacial score (nSPS) is 12.2. The van der Waals surface area contributed by atoms with Crippen molar-refractivity contribution in [3.05, 3.63) is 92.4 Å². The van der Waals surface area contributed by atoms with Gasteiger partial charge in [0.1, 0.15) is 12.6 Å². The van der Waals surface area contributed by atoms with Crippen LogP contribution in [0.15, 0.2) is 76.1 Å². The maximum Gasteiger partial charge on any atom is 0.264 e. The molecule has 1 unspecified atom stereocenters. The van der Waals surface area contributed by atoms with E-state index in [0.717, 1.165) is 14.3 Å². The lowest BCUT2D eigenvalue weighted by molar-refractivity contribution is -0.139. The molecule has 3 aromatic carbocycles. The van der Waals surface area contributed by atoms with Gasteiger partial charge in [-0.3, -0.25) is 13.9 Å². The van der Waals surface area contributed by atoms with Crippen LogP contribution in [0.3, 0.4) is 0 Å². The fourth-order valence-electron chi connectivity index (χ4n) is 3.82. The van der Waals surface area contributed by atoms with Crippen LogP contribution >= 0.6 is 39.1 Å². The summed E-state index contributed by atoms with van der Waals surface area (Å²) in [5.74, 6) is -0.992. The van der Waals surface area contributed by atoms with Crippen LogP contribution in [0.1, 0.15) is 31.9 Å². The Morgan fingerprint density at radius 3 is 2.03 bits per heavy atom. The lowest BCUT2D eigenvalue weighted by atomic mass is 10.1. The van der Waals surface area contributed by atoms with Crippen LogP contribution < -0.4 is 9.62 Å². The van der Waals surface area contributed by atoms with E-state index >= 15 is 0 Å². The summed E-state index contributed by atoms with van der Waals surface area (Å²) in [6.07, 6.45) is 0. The van der Waals surface area contributed by atoms with Crippen molar-refractivity contribution >= 4 is 66.7 Å². The number of rotatable bonds is 10. The molecule has 1 N–H and O–H groups in total. The molecule has 0 bridgehead atoms. The molecule has 0 aliphatic heterocycles. The summed E-state index contributed by atoms with van der Waals surface area (Å²) in [6, 6.07) is 16.8. The Balaban J connectivity index is 2.06. The number of aryl methyl sites for hydroxylation is 1. The third-order valence-corrected chi connectivity index (χ3v) is 9.02. The Labute approximate surface area is 248 Å². The van der Waals surface area contributed by atoms with Gasteiger partial charge in [0.2, 0.25) is 11.8 Å². The molecule has 7 nitrogen and oxygen atoms in total. The fraction of sp³-hybridized carbons (Fsp3) is 0.286. The maximum atomic E-state index is 13.9. The van der Waals surface area contributed by atoms with Crippen LogP contribution in [0, 0.1) is 6.92 Å². The molecule has 1 atom stereocenters. The highest BCUT2D eigenvalue weighted by molar-refractivity contribution is 9.10. The SMILES string of the molecule is Cc1ccc(S(=O)(=O)N(CC(=O)N(Cc2c(Cl)cccc2Cl)C(C)C(=O)NC(C)C)c2ccc(Br)cc2)cc1. The van der Waals surface area contributed by atoms with Gasteiger partial charge in [0.15, 0.2) is 0 Å². The van der Waals surface area contributed by atoms with Gasteiger partial charge >= 0.3 is 0 Å². The first kappa shape index (κ1) is 30.9. The van der Waals surface area contributed by atoms with Crippen LogP contribution in [0.25, 0.3) is 0 Å². The Morgan fingerprint density at radius 1 is 0.923 bits per heavy atom. The van der Waals surface area contributed by atoms with E-state index in [4.69, 9.17) is 23.2 Å². The quantitative estimate of drug-likeness (QED) is 0.282. The number of carbonyl (C=O) groups excluding carboxylic acids is 2. The molecule has 0 spiro atoms. The molecule has 0 radical (unpaired) electrons. The summed E-state index contributed by atoms with van der Waals surface area (Å²) in [6.45, 7) is 6.41. The molecule has 0 fully saturated rings. The second-order valence-electron chi connectivity index (χ2n) is 9.36. The molecule has 3 rings (SSSR count). The highest BCUT2D eigenvalue weighted by atomic mass is 79.9. The molecule has 0 aliphatic rings. The standard InChI is InChI=1S/C28H30BrCl2N3O4S/c1-18(2)32-28(36)20(4)33(16-24-25(30)6-5-7-26(24)31)27(35)17-34(22-12-10-21(29)11-13-22)39(37,38)23-14-8-19(3)9-15-23/h5-15,18,20H,16-17H2,1-4H3,(H,32,36). The smallest absolute Gasteiger partial charge is 0.264 e. The predicted molar refractivity (Wildman–Crippen MR) is 160 cm³/mol. The summed E-state index contributed by atoms with van der Waals surface area (Å²) < 4.78 is 29.4. The number of anilines is 1. The van der Waals surface area contributed by atoms with Crippen molar-refractivity contribution in [3.8, 4) is 0 Å². The number of amides is 2. The Kier molecular flexibility index (Phi) is 10.5. The summed E-state index contributed by atoms with van der Waals surface area (Å²) in [4.78, 5) is 28.3. The van der Waals surface area contributed by atoms with Crippen LogP contribution in [0.4, 0.5) is 5.69 Å². The Hall–Kier alpha value is -2.59. The van der Waals surface area contributed by atoms with Crippen molar-refractivity contribution in [2.45, 2.75) is 51.2 Å². The third kappa shape index (κ3) is 7.75. The molecule has 0 saturated heterocycles. The molecule has 0 aromatic heterocycles. The van der Waals surface area contributed by atoms with E-state index in [0.29, 0.717) is 21.3 Å². The molecule has 0 heterocycles. The van der Waals surface area contributed by atoms with Crippen LogP contribution in [0.5, 0.6) is 0 Å². The van der Waals surface area contributed by atoms with Crippen molar-refractivity contribution in [1.82, 2.24) is 10.2 Å². The number of hydrogen-bond acceptors (Lipinski definition) is 4. The van der Waals surface area contributed by atoms with Crippen LogP contribution in [0.2, 0.25) is 10.0 Å². The minimum atomic E-state index is -4.15. The molecule has 208 valence electrons. The zero-order valence-electron chi connectivity index (χ0n) is 22.0. The van der Waals surface area contributed by atoms with E-state index in [1.807, 2.05) is 20.8 Å². The summed E-state index contributed by atoms with van der Waals surface area (Å²) in [5.41, 5.74) is 1.64. The van der Waals surface area contributed by atoms with E-state index < -0.39 is 34.4 Å². The van der Waals surface area contributed by atoms with Crippen LogP contribution in [-0.4, -0.2) is 43.8 Å². The average molecular weight is 655 g/mol. The van der Waals surface area contributed by atoms with Crippen molar-refractivity contribution < 1.29 is 18.0 Å². The fourth-order valence-corrected chi connectivity index (χ4v) is 6.01. The summed E-state index contributed by atoms with van der Waals surface area (Å²) >= 11 is 16.2. The minimum Gasteiger partial charge on any atom is -0.352 e. The zero-order valence-corrected chi connectivity index (χ0v) is 25.9. The number of nitrogens with one attached hydrogen (secondary N) is 1. The first-order valence-corrected chi connectivity index (χ1v) is 15.2. The van der Waals surface area contributed by atoms with E-state index in [2.05, 4.69) is 21.2 Å². The van der Waals surface area contributed by atoms with Gasteiger partial charge in [-0.15, -0.1) is 0 Å². The van der Waals surface area contributed by atoms with Crippen molar-refractivity contribution in [2.24, 2.45) is 0 Å². The Bertz CT molecular complexity index is 1410. The second-order valence-corrected chi connectivity index (χ2v) is 13.0. The number of sulfonamides is 1. The van der Waals surface area contributed by atoms with Gasteiger partial charge in [0.05, 0.1) is 10.6 Å². The van der Waals surface area contributed by atoms with E-state index in [9.17, 15) is 18.0 Å². The maximum absolute atomic E-state index is 13.9. The molecular formula is C28H30BrCl2N3O4S. The molecular weight excluding hydrogens is 625 g/mol. The minimum absolute atomic E-state index is 0.0371. The zero-order chi connectivity index (χ0) is 28.9. The summed E-state index contributed by atoms with van der Waals surface area (Å²) in [7, 11) is -4.15. The largest absolute Gasteiger partial charge is 0.352 e. The van der Waals surface area contributed by atoms with Crippen LogP contribution in [-0.2, 0) is 26.2 Å². The molecule has 0 aliphatic carbocycles. The molecule has 3 aromatic rings. The first-order valence-electron chi connectivity index (χ1n) is 12.2. The van der Waals surface area contributed by atoms with Gasteiger partial charge < -0.3 is 10.2 Å². The average Bonchev–Trinajstić information content (AvgIpc) is 2.87. The molecule has 11 heteroatoms. The Morgan fingerprint density at radius 2 is 1.49 bits per heavy atom. The van der Waals surface area contributed by atoms with Gasteiger partial charge in [-0.2, -0.15) is 0 Å². The predicted octanol–water partition coefficient (Wildman–Crippen LogP) is 6.20. The van der Waals surface area contributed by atoms with E-state index in [1.54, 1.807) is 61.5 Å². The van der Waals surface area contributed by atoms with Gasteiger partial charge in [-0.05, 0) is 76.2 Å². The lowest BCUT2D eigenvalue weighted by Gasteiger charge is -2.32. The van der Waals surface area contributed by atoms with Gasteiger partial charge in [-0.1, -0.05) is 62.9 Å². The number of halogens is 3. The lowest BCUT2D eigenvalue weighted by Crippen LogP contribution is -2.52. The topological polar surface area (TPSA) is 86.8 Å². The monoisotopic (exact) mass is 653 g/mol. The molecule has 0 saturated carbocycles. The van der Waals surface area contributed by atoms with Crippen molar-refractivity contribution in [2.75, 3.05) is 10.8 Å². The van der Waals surface area contributed by atoms with E-state index in [-0.39, 0.29) is 17.5 Å². The second kappa shape index (κ2) is 13.2. The van der Waals surface area contributed by atoms with Gasteiger partial charge in [0.25, 0.3) is 10.0 Å². The number of carbonyl (C=O) groups is 2. The highest BCUT2D eigenvalue weighted by Crippen LogP contribution is 2.29. The number of hydrogen-bond donors (Lipinski definition) is 1. The van der Waals surface area contributed by atoms with Gasteiger partial charge in [-0.25, -0.2) is 8.42 Å². The third-order valence-electron chi connectivity index (χ3n) is 5.99. The summed E-state index contributed by atoms with van der Waals surface area (Å²) in [5, 5.41) is 3.46. The van der Waals surface area contributed by atoms with Gasteiger partial charge in [0, 0.05) is 32.7 Å². The van der Waals surface area contributed by atoms with E-state index in [1.165, 1.54) is 17.0 Å². The first-order chi connectivity index (χ1) is 18.3. The number of nitrogens with zero attached hydrogens (tertiary/aromatic N) is 2. The van der Waals surface area contributed by atoms with Crippen molar-refractivity contribution in [1.29, 1.82) is 0 Å². The van der Waals surface area contributed by atoms with Crippen molar-refractivity contribution in [3.63, 3.8) is 0 Å². The number of benzene rings is 3. The molecule has 2 amide bonds.